The summed E-state index contributed by atoms with van der Waals surface area (Å²) < 4.78 is 5.42. The molecule has 1 amide bonds. The maximum atomic E-state index is 11.7. The second-order valence-corrected chi connectivity index (χ2v) is 7.10. The largest absolute Gasteiger partial charge is 0.496 e. The summed E-state index contributed by atoms with van der Waals surface area (Å²) in [4.78, 5) is 13.7. The van der Waals surface area contributed by atoms with Crippen LogP contribution >= 0.6 is 0 Å². The SMILES string of the molecule is COc1c(C)cc(CNCc2ccc(CN3CCCC3=O)cc2)cc1C. The minimum atomic E-state index is 0.279. The lowest BCUT2D eigenvalue weighted by atomic mass is 10.1. The highest BCUT2D eigenvalue weighted by Crippen LogP contribution is 2.24. The highest BCUT2D eigenvalue weighted by atomic mass is 16.5. The summed E-state index contributed by atoms with van der Waals surface area (Å²) in [6, 6.07) is 12.9. The Labute approximate surface area is 156 Å². The van der Waals surface area contributed by atoms with Crippen LogP contribution in [0.25, 0.3) is 0 Å². The van der Waals surface area contributed by atoms with E-state index in [1.165, 1.54) is 27.8 Å². The number of carbonyl (C=O) groups excluding carboxylic acids is 1. The third kappa shape index (κ3) is 4.44. The molecular formula is C22H28N2O2. The van der Waals surface area contributed by atoms with Gasteiger partial charge in [-0.15, -0.1) is 0 Å². The van der Waals surface area contributed by atoms with E-state index >= 15 is 0 Å². The number of methoxy groups -OCH3 is 1. The molecule has 1 aliphatic heterocycles. The Morgan fingerprint density at radius 1 is 1.00 bits per heavy atom. The molecule has 4 nitrogen and oxygen atoms in total. The molecule has 0 saturated carbocycles. The summed E-state index contributed by atoms with van der Waals surface area (Å²) in [6.07, 6.45) is 1.69. The monoisotopic (exact) mass is 352 g/mol. The molecule has 0 atom stereocenters. The highest BCUT2D eigenvalue weighted by molar-refractivity contribution is 5.78. The number of hydrogen-bond acceptors (Lipinski definition) is 3. The van der Waals surface area contributed by atoms with E-state index in [1.807, 2.05) is 4.90 Å². The Balaban J connectivity index is 1.51. The second-order valence-electron chi connectivity index (χ2n) is 7.10. The summed E-state index contributed by atoms with van der Waals surface area (Å²) in [6.45, 7) is 7.45. The molecule has 26 heavy (non-hydrogen) atoms. The van der Waals surface area contributed by atoms with Crippen LogP contribution in [0.2, 0.25) is 0 Å². The minimum absolute atomic E-state index is 0.279. The molecule has 1 fully saturated rings. The quantitative estimate of drug-likeness (QED) is 0.826. The zero-order valence-corrected chi connectivity index (χ0v) is 16.0. The van der Waals surface area contributed by atoms with E-state index in [2.05, 4.69) is 55.6 Å². The topological polar surface area (TPSA) is 41.6 Å². The Morgan fingerprint density at radius 3 is 2.19 bits per heavy atom. The van der Waals surface area contributed by atoms with Gasteiger partial charge in [-0.05, 0) is 48.1 Å². The van der Waals surface area contributed by atoms with Gasteiger partial charge in [0, 0.05) is 32.6 Å². The zero-order chi connectivity index (χ0) is 18.5. The van der Waals surface area contributed by atoms with E-state index in [0.29, 0.717) is 6.42 Å². The molecule has 3 rings (SSSR count). The third-order valence-electron chi connectivity index (χ3n) is 4.95. The predicted molar refractivity (Wildman–Crippen MR) is 104 cm³/mol. The molecule has 138 valence electrons. The number of benzene rings is 2. The third-order valence-corrected chi connectivity index (χ3v) is 4.95. The molecule has 1 aliphatic rings. The fourth-order valence-corrected chi connectivity index (χ4v) is 3.67. The number of ether oxygens (including phenoxy) is 1. The van der Waals surface area contributed by atoms with Gasteiger partial charge in [-0.1, -0.05) is 36.4 Å². The van der Waals surface area contributed by atoms with Crippen molar-refractivity contribution in [2.45, 2.75) is 46.3 Å². The first-order valence-corrected chi connectivity index (χ1v) is 9.27. The molecular weight excluding hydrogens is 324 g/mol. The molecule has 4 heteroatoms. The number of nitrogens with zero attached hydrogens (tertiary/aromatic N) is 1. The van der Waals surface area contributed by atoms with E-state index in [-0.39, 0.29) is 5.91 Å². The molecule has 0 aromatic heterocycles. The molecule has 1 saturated heterocycles. The average Bonchev–Trinajstić information content (AvgIpc) is 3.01. The Hall–Kier alpha value is -2.33. The molecule has 2 aromatic rings. The van der Waals surface area contributed by atoms with Crippen molar-refractivity contribution in [3.05, 3.63) is 64.2 Å². The van der Waals surface area contributed by atoms with Gasteiger partial charge in [-0.3, -0.25) is 4.79 Å². The van der Waals surface area contributed by atoms with Gasteiger partial charge in [0.1, 0.15) is 5.75 Å². The van der Waals surface area contributed by atoms with Crippen LogP contribution in [-0.4, -0.2) is 24.5 Å². The van der Waals surface area contributed by atoms with Crippen LogP contribution in [0.1, 0.15) is 40.7 Å². The zero-order valence-electron chi connectivity index (χ0n) is 16.0. The van der Waals surface area contributed by atoms with E-state index in [9.17, 15) is 4.79 Å². The normalized spacial score (nSPS) is 14.1. The van der Waals surface area contributed by atoms with Gasteiger partial charge in [0.15, 0.2) is 0 Å². The predicted octanol–water partition coefficient (Wildman–Crippen LogP) is 3.72. The smallest absolute Gasteiger partial charge is 0.222 e. The Bertz CT molecular complexity index is 745. The first-order chi connectivity index (χ1) is 12.6. The first kappa shape index (κ1) is 18.5. The number of carbonyl (C=O) groups is 1. The fraction of sp³-hybridized carbons (Fsp3) is 0.409. The number of amides is 1. The van der Waals surface area contributed by atoms with Crippen molar-refractivity contribution in [1.29, 1.82) is 0 Å². The number of nitrogens with one attached hydrogen (secondary N) is 1. The maximum Gasteiger partial charge on any atom is 0.222 e. The number of likely N-dealkylation sites (tertiary alicyclic amines) is 1. The van der Waals surface area contributed by atoms with Crippen LogP contribution in [-0.2, 0) is 24.4 Å². The Morgan fingerprint density at radius 2 is 1.62 bits per heavy atom. The van der Waals surface area contributed by atoms with Crippen LogP contribution in [0.3, 0.4) is 0 Å². The lowest BCUT2D eigenvalue weighted by Gasteiger charge is -2.15. The van der Waals surface area contributed by atoms with Crippen molar-refractivity contribution < 1.29 is 9.53 Å². The van der Waals surface area contributed by atoms with Gasteiger partial charge >= 0.3 is 0 Å². The van der Waals surface area contributed by atoms with Crippen LogP contribution in [0, 0.1) is 13.8 Å². The summed E-state index contributed by atoms with van der Waals surface area (Å²) in [5.41, 5.74) is 6.06. The van der Waals surface area contributed by atoms with Crippen molar-refractivity contribution in [3.8, 4) is 5.75 Å². The standard InChI is InChI=1S/C22H28N2O2/c1-16-11-20(12-17(2)22(16)26-3)14-23-13-18-6-8-19(9-7-18)15-24-10-4-5-21(24)25/h6-9,11-12,23H,4-5,10,13-15H2,1-3H3. The average molecular weight is 352 g/mol. The van der Waals surface area contributed by atoms with Gasteiger partial charge in [0.25, 0.3) is 0 Å². The lowest BCUT2D eigenvalue weighted by molar-refractivity contribution is -0.128. The summed E-state index contributed by atoms with van der Waals surface area (Å²) >= 11 is 0. The van der Waals surface area contributed by atoms with Crippen molar-refractivity contribution in [2.24, 2.45) is 0 Å². The summed E-state index contributed by atoms with van der Waals surface area (Å²) in [5, 5.41) is 3.50. The van der Waals surface area contributed by atoms with Crippen molar-refractivity contribution in [2.75, 3.05) is 13.7 Å². The number of aryl methyl sites for hydroxylation is 2. The van der Waals surface area contributed by atoms with E-state index in [1.54, 1.807) is 7.11 Å². The van der Waals surface area contributed by atoms with Gasteiger partial charge in [-0.25, -0.2) is 0 Å². The van der Waals surface area contributed by atoms with Crippen LogP contribution in [0.4, 0.5) is 0 Å². The first-order valence-electron chi connectivity index (χ1n) is 9.27. The summed E-state index contributed by atoms with van der Waals surface area (Å²) in [5.74, 6) is 1.25. The molecule has 0 spiro atoms. The van der Waals surface area contributed by atoms with Crippen LogP contribution < -0.4 is 10.1 Å². The number of rotatable bonds is 7. The minimum Gasteiger partial charge on any atom is -0.496 e. The van der Waals surface area contributed by atoms with Gasteiger partial charge in [-0.2, -0.15) is 0 Å². The van der Waals surface area contributed by atoms with Crippen molar-refractivity contribution in [1.82, 2.24) is 10.2 Å². The lowest BCUT2D eigenvalue weighted by Crippen LogP contribution is -2.23. The molecule has 0 radical (unpaired) electrons. The molecule has 0 unspecified atom stereocenters. The second kappa shape index (κ2) is 8.37. The molecule has 1 heterocycles. The molecule has 0 aliphatic carbocycles. The van der Waals surface area contributed by atoms with Crippen LogP contribution in [0.15, 0.2) is 36.4 Å². The molecule has 1 N–H and O–H groups in total. The Kier molecular flexibility index (Phi) is 5.94. The van der Waals surface area contributed by atoms with Crippen LogP contribution in [0.5, 0.6) is 5.75 Å². The summed E-state index contributed by atoms with van der Waals surface area (Å²) in [7, 11) is 1.72. The van der Waals surface area contributed by atoms with Crippen molar-refractivity contribution in [3.63, 3.8) is 0 Å². The number of hydrogen-bond donors (Lipinski definition) is 1. The van der Waals surface area contributed by atoms with E-state index in [0.717, 1.165) is 38.3 Å². The van der Waals surface area contributed by atoms with Gasteiger partial charge < -0.3 is 15.0 Å². The van der Waals surface area contributed by atoms with Gasteiger partial charge in [0.2, 0.25) is 5.91 Å². The molecule has 2 aromatic carbocycles. The fourth-order valence-electron chi connectivity index (χ4n) is 3.67. The highest BCUT2D eigenvalue weighted by Gasteiger charge is 2.19. The van der Waals surface area contributed by atoms with Crippen molar-refractivity contribution >= 4 is 5.91 Å². The van der Waals surface area contributed by atoms with E-state index < -0.39 is 0 Å². The van der Waals surface area contributed by atoms with Gasteiger partial charge in [0.05, 0.1) is 7.11 Å². The van der Waals surface area contributed by atoms with E-state index in [4.69, 9.17) is 4.74 Å². The maximum absolute atomic E-state index is 11.7. The molecule has 0 bridgehead atoms.